The summed E-state index contributed by atoms with van der Waals surface area (Å²) >= 11 is 0. The largest absolute Gasteiger partial charge is 0.497 e. The summed E-state index contributed by atoms with van der Waals surface area (Å²) in [6.45, 7) is 2.55. The molecule has 0 radical (unpaired) electrons. The van der Waals surface area contributed by atoms with Crippen LogP contribution in [-0.4, -0.2) is 35.7 Å². The summed E-state index contributed by atoms with van der Waals surface area (Å²) in [4.78, 5) is 12.4. The summed E-state index contributed by atoms with van der Waals surface area (Å²) in [7, 11) is 3.33. The average molecular weight is 290 g/mol. The molecule has 0 fully saturated rings. The van der Waals surface area contributed by atoms with Gasteiger partial charge in [-0.3, -0.25) is 0 Å². The number of nitrogens with one attached hydrogen (secondary N) is 1. The van der Waals surface area contributed by atoms with Crippen molar-refractivity contribution in [1.29, 1.82) is 0 Å². The Kier molecular flexibility index (Phi) is 5.14. The van der Waals surface area contributed by atoms with E-state index in [2.05, 4.69) is 20.3 Å². The zero-order valence-corrected chi connectivity index (χ0v) is 12.3. The Labute approximate surface area is 123 Å². The fraction of sp³-hybridized carbons (Fsp3) is 0.357. The highest BCUT2D eigenvalue weighted by Crippen LogP contribution is 2.23. The lowest BCUT2D eigenvalue weighted by Crippen LogP contribution is -2.06. The van der Waals surface area contributed by atoms with Crippen LogP contribution in [0, 0.1) is 0 Å². The molecule has 7 heteroatoms. The molecule has 1 N–H and O–H groups in total. The second-order valence-electron chi connectivity index (χ2n) is 4.10. The molecular weight excluding hydrogens is 272 g/mol. The molecule has 1 aromatic heterocycles. The lowest BCUT2D eigenvalue weighted by Gasteiger charge is -2.08. The number of aromatic nitrogens is 3. The molecule has 21 heavy (non-hydrogen) atoms. The first-order valence-corrected chi connectivity index (χ1v) is 6.63. The van der Waals surface area contributed by atoms with Crippen molar-refractivity contribution in [3.63, 3.8) is 0 Å². The Bertz CT molecular complexity index is 575. The summed E-state index contributed by atoms with van der Waals surface area (Å²) in [5.74, 6) is 1.74. The molecule has 1 heterocycles. The lowest BCUT2D eigenvalue weighted by atomic mass is 10.3. The summed E-state index contributed by atoms with van der Waals surface area (Å²) in [5, 5.41) is 2.85. The Morgan fingerprint density at radius 2 is 1.67 bits per heavy atom. The van der Waals surface area contributed by atoms with E-state index in [1.165, 1.54) is 0 Å². The van der Waals surface area contributed by atoms with Crippen molar-refractivity contribution >= 4 is 5.95 Å². The molecule has 0 bridgehead atoms. The van der Waals surface area contributed by atoms with E-state index in [0.717, 1.165) is 12.2 Å². The third-order valence-electron chi connectivity index (χ3n) is 2.52. The highest BCUT2D eigenvalue weighted by Gasteiger charge is 2.09. The first-order valence-electron chi connectivity index (χ1n) is 6.63. The monoisotopic (exact) mass is 290 g/mol. The SMILES string of the molecule is CCCOc1nc(NC)nc(Oc2ccc(OC)cc2)n1. The molecule has 0 saturated carbocycles. The van der Waals surface area contributed by atoms with Gasteiger partial charge in [0.1, 0.15) is 11.5 Å². The molecule has 0 aliphatic carbocycles. The topological polar surface area (TPSA) is 78.4 Å². The van der Waals surface area contributed by atoms with Crippen molar-refractivity contribution < 1.29 is 14.2 Å². The van der Waals surface area contributed by atoms with Crippen molar-refractivity contribution in [2.24, 2.45) is 0 Å². The molecule has 1 aromatic carbocycles. The quantitative estimate of drug-likeness (QED) is 0.839. The van der Waals surface area contributed by atoms with Crippen LogP contribution in [0.2, 0.25) is 0 Å². The van der Waals surface area contributed by atoms with Gasteiger partial charge < -0.3 is 19.5 Å². The molecule has 0 aliphatic rings. The second-order valence-corrected chi connectivity index (χ2v) is 4.10. The van der Waals surface area contributed by atoms with Crippen molar-refractivity contribution in [3.05, 3.63) is 24.3 Å². The minimum Gasteiger partial charge on any atom is -0.497 e. The Hall–Kier alpha value is -2.57. The Balaban J connectivity index is 2.16. The molecule has 2 rings (SSSR count). The summed E-state index contributed by atoms with van der Waals surface area (Å²) in [5.41, 5.74) is 0. The first kappa shape index (κ1) is 14.8. The molecule has 0 spiro atoms. The Morgan fingerprint density at radius 1 is 1.00 bits per heavy atom. The summed E-state index contributed by atoms with van der Waals surface area (Å²) < 4.78 is 16.1. The predicted molar refractivity (Wildman–Crippen MR) is 78.2 cm³/mol. The smallest absolute Gasteiger partial charge is 0.330 e. The van der Waals surface area contributed by atoms with E-state index in [1.54, 1.807) is 38.4 Å². The van der Waals surface area contributed by atoms with Gasteiger partial charge in [0.15, 0.2) is 0 Å². The van der Waals surface area contributed by atoms with Gasteiger partial charge in [-0.2, -0.15) is 9.97 Å². The molecule has 0 amide bonds. The van der Waals surface area contributed by atoms with Gasteiger partial charge in [-0.1, -0.05) is 6.92 Å². The minimum atomic E-state index is 0.172. The molecule has 2 aromatic rings. The van der Waals surface area contributed by atoms with Crippen molar-refractivity contribution in [1.82, 2.24) is 15.0 Å². The number of hydrogen-bond acceptors (Lipinski definition) is 7. The van der Waals surface area contributed by atoms with Crippen molar-refractivity contribution in [3.8, 4) is 23.5 Å². The number of ether oxygens (including phenoxy) is 3. The van der Waals surface area contributed by atoms with Crippen molar-refractivity contribution in [2.45, 2.75) is 13.3 Å². The Morgan fingerprint density at radius 3 is 2.29 bits per heavy atom. The van der Waals surface area contributed by atoms with Crippen molar-refractivity contribution in [2.75, 3.05) is 26.1 Å². The van der Waals surface area contributed by atoms with Crippen LogP contribution in [0.5, 0.6) is 23.5 Å². The fourth-order valence-electron chi connectivity index (χ4n) is 1.50. The molecular formula is C14H18N4O3. The number of hydrogen-bond donors (Lipinski definition) is 1. The molecule has 112 valence electrons. The molecule has 0 aliphatic heterocycles. The summed E-state index contributed by atoms with van der Waals surface area (Å²) in [6.07, 6.45) is 0.870. The van der Waals surface area contributed by atoms with Gasteiger partial charge in [0.25, 0.3) is 0 Å². The second kappa shape index (κ2) is 7.28. The maximum absolute atomic E-state index is 5.60. The van der Waals surface area contributed by atoms with Crippen LogP contribution in [0.4, 0.5) is 5.95 Å². The first-order chi connectivity index (χ1) is 10.2. The maximum atomic E-state index is 5.60. The highest BCUT2D eigenvalue weighted by atomic mass is 16.5. The van der Waals surface area contributed by atoms with Gasteiger partial charge in [0, 0.05) is 7.05 Å². The van der Waals surface area contributed by atoms with Crippen LogP contribution < -0.4 is 19.5 Å². The van der Waals surface area contributed by atoms with Gasteiger partial charge >= 0.3 is 12.0 Å². The van der Waals surface area contributed by atoms with Gasteiger partial charge in [-0.05, 0) is 30.7 Å². The van der Waals surface area contributed by atoms with Gasteiger partial charge in [0.2, 0.25) is 5.95 Å². The third-order valence-corrected chi connectivity index (χ3v) is 2.52. The number of rotatable bonds is 7. The molecule has 7 nitrogen and oxygen atoms in total. The molecule has 0 unspecified atom stereocenters. The molecule has 0 saturated heterocycles. The predicted octanol–water partition coefficient (Wildman–Crippen LogP) is 2.50. The van der Waals surface area contributed by atoms with Gasteiger partial charge in [0.05, 0.1) is 13.7 Å². The zero-order chi connectivity index (χ0) is 15.1. The maximum Gasteiger partial charge on any atom is 0.330 e. The van der Waals surface area contributed by atoms with E-state index in [4.69, 9.17) is 14.2 Å². The van der Waals surface area contributed by atoms with Crippen LogP contribution in [0.1, 0.15) is 13.3 Å². The number of benzene rings is 1. The van der Waals surface area contributed by atoms with E-state index in [9.17, 15) is 0 Å². The fourth-order valence-corrected chi connectivity index (χ4v) is 1.50. The molecule has 0 atom stereocenters. The van der Waals surface area contributed by atoms with E-state index < -0.39 is 0 Å². The van der Waals surface area contributed by atoms with Crippen LogP contribution >= 0.6 is 0 Å². The number of nitrogens with zero attached hydrogens (tertiary/aromatic N) is 3. The summed E-state index contributed by atoms with van der Waals surface area (Å²) in [6, 6.07) is 7.54. The number of anilines is 1. The normalized spacial score (nSPS) is 10.0. The third kappa shape index (κ3) is 4.20. The zero-order valence-electron chi connectivity index (χ0n) is 12.3. The van der Waals surface area contributed by atoms with Gasteiger partial charge in [-0.15, -0.1) is 4.98 Å². The van der Waals surface area contributed by atoms with Crippen LogP contribution in [0.25, 0.3) is 0 Å². The lowest BCUT2D eigenvalue weighted by molar-refractivity contribution is 0.285. The minimum absolute atomic E-state index is 0.172. The highest BCUT2D eigenvalue weighted by molar-refractivity contribution is 5.34. The van der Waals surface area contributed by atoms with E-state index in [-0.39, 0.29) is 12.0 Å². The van der Waals surface area contributed by atoms with Crippen LogP contribution in [-0.2, 0) is 0 Å². The average Bonchev–Trinajstić information content (AvgIpc) is 2.53. The number of methoxy groups -OCH3 is 1. The van der Waals surface area contributed by atoms with E-state index in [0.29, 0.717) is 18.3 Å². The van der Waals surface area contributed by atoms with E-state index >= 15 is 0 Å². The van der Waals surface area contributed by atoms with E-state index in [1.807, 2.05) is 6.92 Å². The van der Waals surface area contributed by atoms with Crippen LogP contribution in [0.3, 0.4) is 0 Å². The van der Waals surface area contributed by atoms with Crippen LogP contribution in [0.15, 0.2) is 24.3 Å². The van der Waals surface area contributed by atoms with Gasteiger partial charge in [-0.25, -0.2) is 0 Å². The standard InChI is InChI=1S/C14H18N4O3/c1-4-9-20-13-16-12(15-2)17-14(18-13)21-11-7-5-10(19-3)6-8-11/h5-8H,4,9H2,1-3H3,(H,15,16,17,18).